The van der Waals surface area contributed by atoms with Crippen molar-refractivity contribution < 1.29 is 0 Å². The second kappa shape index (κ2) is 3.89. The van der Waals surface area contributed by atoms with Crippen LogP contribution in [0.1, 0.15) is 12.1 Å². The van der Waals surface area contributed by atoms with Crippen molar-refractivity contribution in [3.05, 3.63) is 42.2 Å². The van der Waals surface area contributed by atoms with Gasteiger partial charge < -0.3 is 0 Å². The summed E-state index contributed by atoms with van der Waals surface area (Å²) in [5.41, 5.74) is 1.02. The standard InChI is InChI=1S/C12H10N2/c13-8-3-6-12-11-5-2-1-4-10(11)7-9-14-12/h1-2,4-5,7,9H,3,6H2. The molecule has 0 atom stereocenters. The molecule has 2 aromatic rings. The Hall–Kier alpha value is -1.88. The molecule has 2 heteroatoms. The Bertz CT molecular complexity index is 478. The lowest BCUT2D eigenvalue weighted by Gasteiger charge is -2.02. The van der Waals surface area contributed by atoms with Gasteiger partial charge in [-0.05, 0) is 11.5 Å². The molecule has 0 aliphatic rings. The van der Waals surface area contributed by atoms with Gasteiger partial charge in [-0.15, -0.1) is 0 Å². The van der Waals surface area contributed by atoms with Crippen molar-refractivity contribution in [2.45, 2.75) is 12.8 Å². The van der Waals surface area contributed by atoms with Crippen LogP contribution in [0, 0.1) is 11.3 Å². The van der Waals surface area contributed by atoms with Crippen LogP contribution < -0.4 is 0 Å². The minimum atomic E-state index is 0.529. The normalized spacial score (nSPS) is 9.93. The van der Waals surface area contributed by atoms with Crippen molar-refractivity contribution in [1.29, 1.82) is 5.26 Å². The first-order chi connectivity index (χ1) is 6.92. The molecule has 0 N–H and O–H groups in total. The highest BCUT2D eigenvalue weighted by Crippen LogP contribution is 2.16. The van der Waals surface area contributed by atoms with Crippen molar-refractivity contribution in [3.63, 3.8) is 0 Å². The summed E-state index contributed by atoms with van der Waals surface area (Å²) in [4.78, 5) is 4.29. The number of hydrogen-bond acceptors (Lipinski definition) is 2. The van der Waals surface area contributed by atoms with Gasteiger partial charge in [-0.25, -0.2) is 0 Å². The SMILES string of the molecule is N#CCCc1nccc2ccccc12. The van der Waals surface area contributed by atoms with Gasteiger partial charge in [0.15, 0.2) is 0 Å². The van der Waals surface area contributed by atoms with E-state index < -0.39 is 0 Å². The first kappa shape index (κ1) is 8.71. The van der Waals surface area contributed by atoms with Crippen molar-refractivity contribution in [1.82, 2.24) is 4.98 Å². The highest BCUT2D eigenvalue weighted by Gasteiger charge is 2.00. The molecule has 2 nitrogen and oxygen atoms in total. The van der Waals surface area contributed by atoms with Gasteiger partial charge in [0.25, 0.3) is 0 Å². The fourth-order valence-electron chi connectivity index (χ4n) is 1.56. The number of benzene rings is 1. The third-order valence-electron chi connectivity index (χ3n) is 2.23. The van der Waals surface area contributed by atoms with E-state index in [2.05, 4.69) is 23.2 Å². The van der Waals surface area contributed by atoms with Crippen molar-refractivity contribution in [3.8, 4) is 6.07 Å². The van der Waals surface area contributed by atoms with Crippen LogP contribution in [0.2, 0.25) is 0 Å². The van der Waals surface area contributed by atoms with Crippen LogP contribution in [0.25, 0.3) is 10.8 Å². The van der Waals surface area contributed by atoms with Crippen LogP contribution in [0.3, 0.4) is 0 Å². The first-order valence-electron chi connectivity index (χ1n) is 4.61. The molecule has 0 saturated carbocycles. The molecular weight excluding hydrogens is 172 g/mol. The van der Waals surface area contributed by atoms with Gasteiger partial charge in [0.2, 0.25) is 0 Å². The van der Waals surface area contributed by atoms with Gasteiger partial charge in [-0.3, -0.25) is 4.98 Å². The average molecular weight is 182 g/mol. The number of fused-ring (bicyclic) bond motifs is 1. The lowest BCUT2D eigenvalue weighted by molar-refractivity contribution is 0.966. The monoisotopic (exact) mass is 182 g/mol. The first-order valence-corrected chi connectivity index (χ1v) is 4.61. The predicted molar refractivity (Wildman–Crippen MR) is 55.7 cm³/mol. The lowest BCUT2D eigenvalue weighted by Crippen LogP contribution is -1.90. The zero-order valence-electron chi connectivity index (χ0n) is 7.77. The molecule has 0 aliphatic carbocycles. The molecular formula is C12H10N2. The number of nitriles is 1. The Morgan fingerprint density at radius 1 is 1.21 bits per heavy atom. The summed E-state index contributed by atoms with van der Waals surface area (Å²) < 4.78 is 0. The van der Waals surface area contributed by atoms with Crippen LogP contribution in [0.15, 0.2) is 36.5 Å². The second-order valence-electron chi connectivity index (χ2n) is 3.14. The summed E-state index contributed by atoms with van der Waals surface area (Å²) in [5.74, 6) is 0. The fourth-order valence-corrected chi connectivity index (χ4v) is 1.56. The Kier molecular flexibility index (Phi) is 2.42. The fraction of sp³-hybridized carbons (Fsp3) is 0.167. The molecule has 0 saturated heterocycles. The molecule has 2 rings (SSSR count). The quantitative estimate of drug-likeness (QED) is 0.716. The van der Waals surface area contributed by atoms with Crippen LogP contribution in [0.5, 0.6) is 0 Å². The second-order valence-corrected chi connectivity index (χ2v) is 3.14. The minimum absolute atomic E-state index is 0.529. The topological polar surface area (TPSA) is 36.7 Å². The molecule has 0 unspecified atom stereocenters. The van der Waals surface area contributed by atoms with E-state index >= 15 is 0 Å². The number of aromatic nitrogens is 1. The molecule has 0 radical (unpaired) electrons. The summed E-state index contributed by atoms with van der Waals surface area (Å²) in [7, 11) is 0. The van der Waals surface area contributed by atoms with E-state index in [9.17, 15) is 0 Å². The van der Waals surface area contributed by atoms with E-state index in [-0.39, 0.29) is 0 Å². The maximum absolute atomic E-state index is 8.52. The van der Waals surface area contributed by atoms with Gasteiger partial charge in [0, 0.05) is 30.1 Å². The van der Waals surface area contributed by atoms with Gasteiger partial charge in [0.1, 0.15) is 0 Å². The summed E-state index contributed by atoms with van der Waals surface area (Å²) in [5, 5.41) is 10.9. The van der Waals surface area contributed by atoms with Crippen molar-refractivity contribution >= 4 is 10.8 Å². The number of nitrogens with zero attached hydrogens (tertiary/aromatic N) is 2. The number of rotatable bonds is 2. The summed E-state index contributed by atoms with van der Waals surface area (Å²) in [6.45, 7) is 0. The number of aryl methyl sites for hydroxylation is 1. The van der Waals surface area contributed by atoms with E-state index in [1.165, 1.54) is 5.39 Å². The van der Waals surface area contributed by atoms with Crippen LogP contribution in [-0.4, -0.2) is 4.98 Å². The Balaban J connectivity index is 2.49. The molecule has 0 spiro atoms. The maximum Gasteiger partial charge on any atom is 0.0625 e. The zero-order valence-corrected chi connectivity index (χ0v) is 7.77. The average Bonchev–Trinajstić information content (AvgIpc) is 2.26. The van der Waals surface area contributed by atoms with Gasteiger partial charge in [0.05, 0.1) is 6.07 Å². The summed E-state index contributed by atoms with van der Waals surface area (Å²) >= 11 is 0. The maximum atomic E-state index is 8.52. The molecule has 14 heavy (non-hydrogen) atoms. The molecule has 0 amide bonds. The molecule has 0 fully saturated rings. The molecule has 1 heterocycles. The van der Waals surface area contributed by atoms with Gasteiger partial charge in [-0.2, -0.15) is 5.26 Å². The zero-order chi connectivity index (χ0) is 9.80. The predicted octanol–water partition coefficient (Wildman–Crippen LogP) is 2.69. The van der Waals surface area contributed by atoms with E-state index in [0.717, 1.165) is 17.5 Å². The van der Waals surface area contributed by atoms with Gasteiger partial charge >= 0.3 is 0 Å². The molecule has 1 aromatic carbocycles. The Labute approximate surface area is 82.8 Å². The minimum Gasteiger partial charge on any atom is -0.261 e. The molecule has 1 aromatic heterocycles. The number of pyridine rings is 1. The van der Waals surface area contributed by atoms with Crippen LogP contribution >= 0.6 is 0 Å². The summed E-state index contributed by atoms with van der Waals surface area (Å²) in [6.07, 6.45) is 3.06. The Morgan fingerprint density at radius 3 is 2.93 bits per heavy atom. The molecule has 0 bridgehead atoms. The van der Waals surface area contributed by atoms with Crippen LogP contribution in [0.4, 0.5) is 0 Å². The highest BCUT2D eigenvalue weighted by atomic mass is 14.7. The van der Waals surface area contributed by atoms with E-state index in [4.69, 9.17) is 5.26 Å². The van der Waals surface area contributed by atoms with Crippen molar-refractivity contribution in [2.24, 2.45) is 0 Å². The van der Waals surface area contributed by atoms with Gasteiger partial charge in [-0.1, -0.05) is 24.3 Å². The van der Waals surface area contributed by atoms with E-state index in [0.29, 0.717) is 6.42 Å². The number of hydrogen-bond donors (Lipinski definition) is 0. The third-order valence-corrected chi connectivity index (χ3v) is 2.23. The Morgan fingerprint density at radius 2 is 2.07 bits per heavy atom. The third kappa shape index (κ3) is 1.57. The van der Waals surface area contributed by atoms with E-state index in [1.807, 2.05) is 18.2 Å². The molecule has 0 aliphatic heterocycles. The van der Waals surface area contributed by atoms with Crippen LogP contribution in [-0.2, 0) is 6.42 Å². The largest absolute Gasteiger partial charge is 0.261 e. The summed E-state index contributed by atoms with van der Waals surface area (Å²) in [6, 6.07) is 12.3. The van der Waals surface area contributed by atoms with Crippen molar-refractivity contribution in [2.75, 3.05) is 0 Å². The van der Waals surface area contributed by atoms with E-state index in [1.54, 1.807) is 6.20 Å². The lowest BCUT2D eigenvalue weighted by atomic mass is 10.1. The molecule has 68 valence electrons. The smallest absolute Gasteiger partial charge is 0.0625 e. The highest BCUT2D eigenvalue weighted by molar-refractivity contribution is 5.84.